The third-order valence-corrected chi connectivity index (χ3v) is 7.33. The zero-order valence-electron chi connectivity index (χ0n) is 22.1. The number of hydrogen-bond acceptors (Lipinski definition) is 5. The third kappa shape index (κ3) is 8.00. The van der Waals surface area contributed by atoms with Gasteiger partial charge in [0.15, 0.2) is 0 Å². The van der Waals surface area contributed by atoms with E-state index in [0.717, 1.165) is 11.6 Å². The van der Waals surface area contributed by atoms with Crippen LogP contribution in [0.1, 0.15) is 49.8 Å². The highest BCUT2D eigenvalue weighted by molar-refractivity contribution is 6.31. The third-order valence-electron chi connectivity index (χ3n) is 7.09. The number of carbonyl (C=O) groups excluding carboxylic acids is 2. The number of halogens is 4. The SMILES string of the molecule is CN(c1cc(C(F)(F)F)nc2ccc(Cl)cc12)C1CCC(NC(=O)CCCNC(=O)OCc2ccccc2)CC1. The summed E-state index contributed by atoms with van der Waals surface area (Å²) in [5.74, 6) is -0.0964. The smallest absolute Gasteiger partial charge is 0.433 e. The lowest BCUT2D eigenvalue weighted by Gasteiger charge is -2.37. The van der Waals surface area contributed by atoms with Crippen LogP contribution in [0.4, 0.5) is 23.7 Å². The molecule has 1 fully saturated rings. The summed E-state index contributed by atoms with van der Waals surface area (Å²) < 4.78 is 45.7. The van der Waals surface area contributed by atoms with Crippen LogP contribution in [-0.2, 0) is 22.3 Å². The molecular formula is C29H32ClF3N4O3. The lowest BCUT2D eigenvalue weighted by Crippen LogP contribution is -2.43. The van der Waals surface area contributed by atoms with E-state index in [1.807, 2.05) is 35.2 Å². The molecule has 1 aliphatic rings. The summed E-state index contributed by atoms with van der Waals surface area (Å²) in [5.41, 5.74) is 0.620. The molecule has 1 saturated carbocycles. The first-order valence-electron chi connectivity index (χ1n) is 13.2. The van der Waals surface area contributed by atoms with E-state index in [2.05, 4.69) is 15.6 Å². The highest BCUT2D eigenvalue weighted by atomic mass is 35.5. The molecule has 214 valence electrons. The van der Waals surface area contributed by atoms with Crippen LogP contribution in [0.15, 0.2) is 54.6 Å². The summed E-state index contributed by atoms with van der Waals surface area (Å²) in [6.07, 6.45) is -1.51. The summed E-state index contributed by atoms with van der Waals surface area (Å²) in [7, 11) is 1.79. The number of amides is 2. The molecule has 0 unspecified atom stereocenters. The van der Waals surface area contributed by atoms with E-state index in [-0.39, 0.29) is 36.5 Å². The molecule has 40 heavy (non-hydrogen) atoms. The first-order chi connectivity index (χ1) is 19.1. The van der Waals surface area contributed by atoms with Gasteiger partial charge in [-0.05, 0) is 61.9 Å². The normalized spacial score (nSPS) is 17.3. The van der Waals surface area contributed by atoms with Gasteiger partial charge in [-0.25, -0.2) is 9.78 Å². The van der Waals surface area contributed by atoms with Crippen LogP contribution in [0.5, 0.6) is 0 Å². The summed E-state index contributed by atoms with van der Waals surface area (Å²) in [5, 5.41) is 6.68. The van der Waals surface area contributed by atoms with Crippen molar-refractivity contribution < 1.29 is 27.5 Å². The van der Waals surface area contributed by atoms with Crippen LogP contribution >= 0.6 is 11.6 Å². The minimum absolute atomic E-state index is 0.00434. The number of fused-ring (bicyclic) bond motifs is 1. The predicted molar refractivity (Wildman–Crippen MR) is 148 cm³/mol. The van der Waals surface area contributed by atoms with Crippen molar-refractivity contribution in [2.45, 2.75) is 63.4 Å². The van der Waals surface area contributed by atoms with Crippen LogP contribution in [0.3, 0.4) is 0 Å². The number of benzene rings is 2. The van der Waals surface area contributed by atoms with Crippen LogP contribution in [0.2, 0.25) is 5.02 Å². The molecule has 0 saturated heterocycles. The van der Waals surface area contributed by atoms with Crippen molar-refractivity contribution in [2.75, 3.05) is 18.5 Å². The molecule has 1 aromatic heterocycles. The van der Waals surface area contributed by atoms with Crippen molar-refractivity contribution in [2.24, 2.45) is 0 Å². The van der Waals surface area contributed by atoms with Crippen molar-refractivity contribution in [3.8, 4) is 0 Å². The van der Waals surface area contributed by atoms with Gasteiger partial charge >= 0.3 is 12.3 Å². The molecule has 2 aromatic carbocycles. The Hall–Kier alpha value is -3.53. The number of hydrogen-bond donors (Lipinski definition) is 2. The Kier molecular flexibility index (Phi) is 9.73. The van der Waals surface area contributed by atoms with Crippen molar-refractivity contribution in [1.29, 1.82) is 0 Å². The Morgan fingerprint density at radius 1 is 1.07 bits per heavy atom. The van der Waals surface area contributed by atoms with Crippen molar-refractivity contribution in [1.82, 2.24) is 15.6 Å². The Balaban J connectivity index is 1.22. The number of nitrogens with zero attached hydrogens (tertiary/aromatic N) is 2. The van der Waals surface area contributed by atoms with Crippen LogP contribution < -0.4 is 15.5 Å². The van der Waals surface area contributed by atoms with E-state index in [1.54, 1.807) is 13.1 Å². The topological polar surface area (TPSA) is 83.6 Å². The fourth-order valence-corrected chi connectivity index (χ4v) is 5.11. The molecule has 0 aliphatic heterocycles. The quantitative estimate of drug-likeness (QED) is 0.285. The van der Waals surface area contributed by atoms with E-state index >= 15 is 0 Å². The fourth-order valence-electron chi connectivity index (χ4n) is 4.93. The van der Waals surface area contributed by atoms with Crippen LogP contribution in [0.25, 0.3) is 10.9 Å². The number of ether oxygens (including phenoxy) is 1. The van der Waals surface area contributed by atoms with Crippen LogP contribution in [-0.4, -0.2) is 42.7 Å². The van der Waals surface area contributed by atoms with E-state index < -0.39 is 18.0 Å². The molecule has 2 amide bonds. The lowest BCUT2D eigenvalue weighted by atomic mass is 9.89. The molecule has 0 spiro atoms. The minimum Gasteiger partial charge on any atom is -0.445 e. The molecule has 0 radical (unpaired) electrons. The zero-order valence-corrected chi connectivity index (χ0v) is 22.9. The first-order valence-corrected chi connectivity index (χ1v) is 13.6. The second-order valence-electron chi connectivity index (χ2n) is 9.96. The van der Waals surface area contributed by atoms with Gasteiger partial charge in [0.1, 0.15) is 12.3 Å². The van der Waals surface area contributed by atoms with Crippen molar-refractivity contribution in [3.05, 3.63) is 70.9 Å². The average Bonchev–Trinajstić information content (AvgIpc) is 2.93. The van der Waals surface area contributed by atoms with Gasteiger partial charge in [-0.3, -0.25) is 4.79 Å². The fraction of sp³-hybridized carbons (Fsp3) is 0.414. The molecule has 1 heterocycles. The maximum atomic E-state index is 13.5. The lowest BCUT2D eigenvalue weighted by molar-refractivity contribution is -0.140. The summed E-state index contributed by atoms with van der Waals surface area (Å²) in [6.45, 7) is 0.502. The predicted octanol–water partition coefficient (Wildman–Crippen LogP) is 6.48. The van der Waals surface area contributed by atoms with Gasteiger partial charge in [0.25, 0.3) is 0 Å². The van der Waals surface area contributed by atoms with E-state index in [9.17, 15) is 22.8 Å². The van der Waals surface area contributed by atoms with Gasteiger partial charge in [0.2, 0.25) is 5.91 Å². The summed E-state index contributed by atoms with van der Waals surface area (Å²) in [4.78, 5) is 29.9. The molecule has 1 aliphatic carbocycles. The van der Waals surface area contributed by atoms with E-state index in [0.29, 0.717) is 54.7 Å². The van der Waals surface area contributed by atoms with Gasteiger partial charge in [-0.1, -0.05) is 41.9 Å². The number of rotatable bonds is 9. The number of anilines is 1. The van der Waals surface area contributed by atoms with E-state index in [4.69, 9.17) is 16.3 Å². The Morgan fingerprint density at radius 2 is 1.80 bits per heavy atom. The average molecular weight is 577 g/mol. The molecule has 3 aromatic rings. The van der Waals surface area contributed by atoms with E-state index in [1.165, 1.54) is 12.1 Å². The highest BCUT2D eigenvalue weighted by Gasteiger charge is 2.34. The first kappa shape index (κ1) is 29.5. The van der Waals surface area contributed by atoms with Crippen molar-refractivity contribution >= 4 is 40.2 Å². The molecule has 0 atom stereocenters. The number of alkyl halides is 3. The summed E-state index contributed by atoms with van der Waals surface area (Å²) >= 11 is 6.14. The molecular weight excluding hydrogens is 545 g/mol. The number of pyridine rings is 1. The van der Waals surface area contributed by atoms with Gasteiger partial charge in [0, 0.05) is 48.2 Å². The standard InChI is InChI=1S/C29H32ClF3N4O3/c1-37(25-17-26(29(31,32)33)36-24-14-9-20(30)16-23(24)25)22-12-10-21(11-13-22)35-27(38)8-5-15-34-28(39)40-18-19-6-3-2-4-7-19/h2-4,6-7,9,14,16-17,21-22H,5,8,10-13,15,18H2,1H3,(H,34,39)(H,35,38). The number of nitrogens with one attached hydrogen (secondary N) is 2. The zero-order chi connectivity index (χ0) is 28.7. The Morgan fingerprint density at radius 3 is 2.50 bits per heavy atom. The molecule has 2 N–H and O–H groups in total. The summed E-state index contributed by atoms with van der Waals surface area (Å²) in [6, 6.07) is 15.1. The van der Waals surface area contributed by atoms with Gasteiger partial charge < -0.3 is 20.3 Å². The Bertz CT molecular complexity index is 1320. The molecule has 0 bridgehead atoms. The maximum Gasteiger partial charge on any atom is 0.433 e. The second kappa shape index (κ2) is 13.2. The minimum atomic E-state index is -4.57. The number of alkyl carbamates (subject to hydrolysis) is 1. The molecule has 4 rings (SSSR count). The Labute approximate surface area is 236 Å². The largest absolute Gasteiger partial charge is 0.445 e. The molecule has 7 nitrogen and oxygen atoms in total. The van der Waals surface area contributed by atoms with Gasteiger partial charge in [-0.15, -0.1) is 0 Å². The number of carbonyl (C=O) groups is 2. The van der Waals surface area contributed by atoms with Gasteiger partial charge in [-0.2, -0.15) is 13.2 Å². The highest BCUT2D eigenvalue weighted by Crippen LogP contribution is 2.37. The van der Waals surface area contributed by atoms with Crippen LogP contribution in [0, 0.1) is 0 Å². The monoisotopic (exact) mass is 576 g/mol. The van der Waals surface area contributed by atoms with Gasteiger partial charge in [0.05, 0.1) is 5.52 Å². The van der Waals surface area contributed by atoms with Crippen molar-refractivity contribution in [3.63, 3.8) is 0 Å². The second-order valence-corrected chi connectivity index (χ2v) is 10.4. The maximum absolute atomic E-state index is 13.5. The molecule has 11 heteroatoms. The number of aromatic nitrogens is 1.